The van der Waals surface area contributed by atoms with Gasteiger partial charge in [0, 0.05) is 32.7 Å². The summed E-state index contributed by atoms with van der Waals surface area (Å²) in [5.41, 5.74) is 1.32. The number of aliphatic hydroxyl groups excluding tert-OH is 1. The van der Waals surface area contributed by atoms with Gasteiger partial charge >= 0.3 is 0 Å². The van der Waals surface area contributed by atoms with Crippen molar-refractivity contribution < 1.29 is 9.52 Å². The van der Waals surface area contributed by atoms with Crippen LogP contribution in [0, 0.1) is 0 Å². The Morgan fingerprint density at radius 2 is 1.63 bits per heavy atom. The van der Waals surface area contributed by atoms with Crippen LogP contribution < -0.4 is 10.6 Å². The molecule has 0 aliphatic heterocycles. The van der Waals surface area contributed by atoms with Gasteiger partial charge in [-0.2, -0.15) is 0 Å². The number of aliphatic imine (C=N–C) groups is 1. The van der Waals surface area contributed by atoms with Crippen molar-refractivity contribution in [2.24, 2.45) is 4.99 Å². The molecule has 0 unspecified atom stereocenters. The van der Waals surface area contributed by atoms with Gasteiger partial charge in [0.15, 0.2) is 5.96 Å². The Balaban J connectivity index is 0.00000364. The molecule has 0 atom stereocenters. The van der Waals surface area contributed by atoms with E-state index < -0.39 is 0 Å². The molecule has 0 bridgehead atoms. The predicted octanol–water partition coefficient (Wildman–Crippen LogP) is 3.77. The third-order valence-corrected chi connectivity index (χ3v) is 4.13. The average molecular weight is 485 g/mol. The summed E-state index contributed by atoms with van der Waals surface area (Å²) in [6.45, 7) is 2.72. The van der Waals surface area contributed by atoms with Crippen LogP contribution in [-0.2, 0) is 12.8 Å². The molecular weight excluding hydrogens is 453 g/mol. The molecule has 0 radical (unpaired) electrons. The summed E-state index contributed by atoms with van der Waals surface area (Å²) in [6, 6.07) is 14.4. The Morgan fingerprint density at radius 3 is 2.33 bits per heavy atom. The second kappa shape index (κ2) is 15.5. The zero-order valence-corrected chi connectivity index (χ0v) is 18.2. The van der Waals surface area contributed by atoms with Crippen molar-refractivity contribution in [3.63, 3.8) is 0 Å². The van der Waals surface area contributed by atoms with Gasteiger partial charge in [0.2, 0.25) is 0 Å². The summed E-state index contributed by atoms with van der Waals surface area (Å²) in [5.74, 6) is 1.83. The first-order valence-electron chi connectivity index (χ1n) is 9.58. The predicted molar refractivity (Wildman–Crippen MR) is 122 cm³/mol. The zero-order valence-electron chi connectivity index (χ0n) is 15.9. The topological polar surface area (TPSA) is 69.8 Å². The molecule has 0 fully saturated rings. The van der Waals surface area contributed by atoms with Gasteiger partial charge in [-0.15, -0.1) is 24.0 Å². The van der Waals surface area contributed by atoms with Crippen LogP contribution in [-0.4, -0.2) is 37.3 Å². The molecule has 0 spiro atoms. The molecule has 3 N–H and O–H groups in total. The third-order valence-electron chi connectivity index (χ3n) is 4.13. The monoisotopic (exact) mass is 485 g/mol. The van der Waals surface area contributed by atoms with Crippen LogP contribution in [0.1, 0.15) is 37.0 Å². The summed E-state index contributed by atoms with van der Waals surface area (Å²) >= 11 is 0. The van der Waals surface area contributed by atoms with E-state index in [4.69, 9.17) is 9.52 Å². The van der Waals surface area contributed by atoms with Gasteiger partial charge in [-0.25, -0.2) is 0 Å². The van der Waals surface area contributed by atoms with E-state index in [1.165, 1.54) is 5.56 Å². The first kappa shape index (κ1) is 23.5. The lowest BCUT2D eigenvalue weighted by Crippen LogP contribution is -2.39. The van der Waals surface area contributed by atoms with E-state index in [1.807, 2.05) is 18.2 Å². The lowest BCUT2D eigenvalue weighted by Gasteiger charge is -2.12. The first-order chi connectivity index (χ1) is 12.9. The van der Waals surface area contributed by atoms with Crippen LogP contribution in [0.5, 0.6) is 0 Å². The number of guanidine groups is 1. The van der Waals surface area contributed by atoms with Gasteiger partial charge in [0.05, 0.1) is 6.26 Å². The molecular formula is C21H32IN3O2. The fourth-order valence-corrected chi connectivity index (χ4v) is 2.67. The molecule has 1 heterocycles. The van der Waals surface area contributed by atoms with E-state index in [9.17, 15) is 0 Å². The largest absolute Gasteiger partial charge is 0.469 e. The number of aliphatic hydroxyl groups is 1. The normalized spacial score (nSPS) is 11.1. The molecule has 0 amide bonds. The molecule has 1 aromatic heterocycles. The molecule has 0 saturated carbocycles. The fraction of sp³-hybridized carbons (Fsp3) is 0.476. The number of benzene rings is 1. The summed E-state index contributed by atoms with van der Waals surface area (Å²) in [4.78, 5) is 4.67. The Hall–Kier alpha value is -1.54. The number of rotatable bonds is 12. The zero-order chi connectivity index (χ0) is 18.3. The lowest BCUT2D eigenvalue weighted by atomic mass is 10.1. The minimum Gasteiger partial charge on any atom is -0.469 e. The van der Waals surface area contributed by atoms with Crippen LogP contribution in [0.3, 0.4) is 0 Å². The SMILES string of the molecule is I.OCCCCCCN=C(NCCc1ccccc1)NCCc1ccco1. The van der Waals surface area contributed by atoms with E-state index in [-0.39, 0.29) is 30.6 Å². The smallest absolute Gasteiger partial charge is 0.191 e. The first-order valence-corrected chi connectivity index (χ1v) is 9.58. The van der Waals surface area contributed by atoms with Crippen molar-refractivity contribution in [3.8, 4) is 0 Å². The van der Waals surface area contributed by atoms with E-state index in [1.54, 1.807) is 6.26 Å². The summed E-state index contributed by atoms with van der Waals surface area (Å²) in [5, 5.41) is 15.6. The van der Waals surface area contributed by atoms with Crippen LogP contribution in [0.4, 0.5) is 0 Å². The molecule has 1 aromatic carbocycles. The minimum absolute atomic E-state index is 0. The molecule has 5 nitrogen and oxygen atoms in total. The summed E-state index contributed by atoms with van der Waals surface area (Å²) in [7, 11) is 0. The highest BCUT2D eigenvalue weighted by molar-refractivity contribution is 14.0. The third kappa shape index (κ3) is 11.0. The number of halogens is 1. The average Bonchev–Trinajstić information content (AvgIpc) is 3.18. The van der Waals surface area contributed by atoms with Crippen molar-refractivity contribution in [1.29, 1.82) is 0 Å². The van der Waals surface area contributed by atoms with E-state index in [2.05, 4.69) is 39.9 Å². The maximum absolute atomic E-state index is 8.82. The molecule has 0 saturated heterocycles. The van der Waals surface area contributed by atoms with Crippen molar-refractivity contribution in [2.45, 2.75) is 38.5 Å². The number of unbranched alkanes of at least 4 members (excludes halogenated alkanes) is 3. The fourth-order valence-electron chi connectivity index (χ4n) is 2.67. The maximum atomic E-state index is 8.82. The Morgan fingerprint density at radius 1 is 0.889 bits per heavy atom. The van der Waals surface area contributed by atoms with Gasteiger partial charge in [-0.05, 0) is 37.0 Å². The van der Waals surface area contributed by atoms with Crippen LogP contribution in [0.25, 0.3) is 0 Å². The van der Waals surface area contributed by atoms with Crippen LogP contribution >= 0.6 is 24.0 Å². The van der Waals surface area contributed by atoms with Gasteiger partial charge in [0.25, 0.3) is 0 Å². The molecule has 0 aliphatic carbocycles. The molecule has 2 rings (SSSR count). The standard InChI is InChI=1S/C21H31N3O2.HI/c25-17-7-2-1-6-14-22-21(24-16-13-20-11-8-18-26-20)23-15-12-19-9-4-3-5-10-19;/h3-5,8-11,18,25H,1-2,6-7,12-17H2,(H2,22,23,24);1H. The second-order valence-electron chi connectivity index (χ2n) is 6.29. The highest BCUT2D eigenvalue weighted by Gasteiger charge is 2.01. The van der Waals surface area contributed by atoms with Gasteiger partial charge < -0.3 is 20.2 Å². The van der Waals surface area contributed by atoms with Gasteiger partial charge in [0.1, 0.15) is 5.76 Å². The molecule has 27 heavy (non-hydrogen) atoms. The summed E-state index contributed by atoms with van der Waals surface area (Å²) < 4.78 is 5.37. The quantitative estimate of drug-likeness (QED) is 0.185. The minimum atomic E-state index is 0. The van der Waals surface area contributed by atoms with Crippen molar-refractivity contribution in [1.82, 2.24) is 10.6 Å². The van der Waals surface area contributed by atoms with E-state index >= 15 is 0 Å². The van der Waals surface area contributed by atoms with E-state index in [0.29, 0.717) is 0 Å². The Labute approximate surface area is 179 Å². The molecule has 0 aliphatic rings. The Bertz CT molecular complexity index is 603. The number of hydrogen-bond acceptors (Lipinski definition) is 3. The van der Waals surface area contributed by atoms with Crippen molar-refractivity contribution >= 4 is 29.9 Å². The summed E-state index contributed by atoms with van der Waals surface area (Å²) in [6.07, 6.45) is 7.60. The number of nitrogens with one attached hydrogen (secondary N) is 2. The van der Waals surface area contributed by atoms with Crippen LogP contribution in [0.2, 0.25) is 0 Å². The van der Waals surface area contributed by atoms with E-state index in [0.717, 1.165) is 69.9 Å². The van der Waals surface area contributed by atoms with Gasteiger partial charge in [-0.1, -0.05) is 43.2 Å². The second-order valence-corrected chi connectivity index (χ2v) is 6.29. The van der Waals surface area contributed by atoms with Crippen molar-refractivity contribution in [3.05, 3.63) is 60.1 Å². The molecule has 2 aromatic rings. The highest BCUT2D eigenvalue weighted by Crippen LogP contribution is 2.01. The maximum Gasteiger partial charge on any atom is 0.191 e. The van der Waals surface area contributed by atoms with Crippen molar-refractivity contribution in [2.75, 3.05) is 26.2 Å². The molecule has 6 heteroatoms. The number of hydrogen-bond donors (Lipinski definition) is 3. The number of furan rings is 1. The number of nitrogens with zero attached hydrogens (tertiary/aromatic N) is 1. The highest BCUT2D eigenvalue weighted by atomic mass is 127. The Kier molecular flexibility index (Phi) is 13.5. The lowest BCUT2D eigenvalue weighted by molar-refractivity contribution is 0.282. The van der Waals surface area contributed by atoms with Gasteiger partial charge in [-0.3, -0.25) is 4.99 Å². The molecule has 150 valence electrons. The van der Waals surface area contributed by atoms with Crippen LogP contribution in [0.15, 0.2) is 58.1 Å².